The number of pyridine rings is 1. The predicted octanol–water partition coefficient (Wildman–Crippen LogP) is 5.32. The smallest absolute Gasteiger partial charge is 0.407 e. The fourth-order valence-electron chi connectivity index (χ4n) is 3.79. The Hall–Kier alpha value is -3.17. The Balaban J connectivity index is 1.44. The molecule has 3 atom stereocenters. The summed E-state index contributed by atoms with van der Waals surface area (Å²) in [5.74, 6) is 0.747. The number of hydrogen-bond donors (Lipinski definition) is 2. The molecule has 188 valence electrons. The van der Waals surface area contributed by atoms with E-state index in [1.165, 1.54) is 6.08 Å². The quantitative estimate of drug-likeness (QED) is 0.284. The molecule has 0 aliphatic carbocycles. The minimum atomic E-state index is -0.532. The van der Waals surface area contributed by atoms with Gasteiger partial charge < -0.3 is 24.6 Å². The third kappa shape index (κ3) is 7.41. The van der Waals surface area contributed by atoms with Crippen molar-refractivity contribution in [2.45, 2.75) is 43.1 Å². The Bertz CT molecular complexity index is 1110. The maximum atomic E-state index is 11.7. The molecule has 4 rings (SSSR count). The summed E-state index contributed by atoms with van der Waals surface area (Å²) in [6, 6.07) is 21.5. The van der Waals surface area contributed by atoms with Gasteiger partial charge in [-0.05, 0) is 28.8 Å². The minimum absolute atomic E-state index is 0.00800. The molecule has 2 aromatic carbocycles. The van der Waals surface area contributed by atoms with Crippen LogP contribution in [0.5, 0.6) is 0 Å². The number of carbonyl (C=O) groups is 1. The van der Waals surface area contributed by atoms with Gasteiger partial charge in [0.2, 0.25) is 0 Å². The van der Waals surface area contributed by atoms with E-state index in [4.69, 9.17) is 14.2 Å². The Morgan fingerprint density at radius 1 is 1.08 bits per heavy atom. The number of aliphatic hydroxyl groups excluding tert-OH is 1. The molecule has 1 aliphatic rings. The second-order valence-electron chi connectivity index (χ2n) is 8.31. The van der Waals surface area contributed by atoms with Gasteiger partial charge in [0.05, 0.1) is 23.8 Å². The lowest BCUT2D eigenvalue weighted by molar-refractivity contribution is -0.245. The fraction of sp³-hybridized carbons (Fsp3) is 0.286. The first kappa shape index (κ1) is 25.9. The first-order valence-electron chi connectivity index (χ1n) is 11.8. The number of nitrogens with zero attached hydrogens (tertiary/aromatic N) is 1. The normalized spacial score (nSPS) is 19.4. The van der Waals surface area contributed by atoms with Gasteiger partial charge in [-0.15, -0.1) is 11.8 Å². The Morgan fingerprint density at radius 3 is 2.53 bits per heavy atom. The number of benzene rings is 2. The molecule has 7 nitrogen and oxygen atoms in total. The highest BCUT2D eigenvalue weighted by Gasteiger charge is 2.32. The Kier molecular flexibility index (Phi) is 9.52. The summed E-state index contributed by atoms with van der Waals surface area (Å²) in [7, 11) is 0. The Morgan fingerprint density at radius 2 is 1.83 bits per heavy atom. The van der Waals surface area contributed by atoms with Crippen molar-refractivity contribution in [3.05, 3.63) is 108 Å². The van der Waals surface area contributed by atoms with Gasteiger partial charge in [0, 0.05) is 30.5 Å². The van der Waals surface area contributed by atoms with E-state index in [0.717, 1.165) is 33.0 Å². The topological polar surface area (TPSA) is 89.9 Å². The Labute approximate surface area is 215 Å². The lowest BCUT2D eigenvalue weighted by atomic mass is 10.0. The molecule has 8 heteroatoms. The monoisotopic (exact) mass is 506 g/mol. The zero-order valence-corrected chi connectivity index (χ0v) is 20.7. The molecule has 1 aromatic heterocycles. The number of thioether (sulfide) groups is 1. The summed E-state index contributed by atoms with van der Waals surface area (Å²) >= 11 is 1.66. The van der Waals surface area contributed by atoms with E-state index in [9.17, 15) is 9.90 Å². The molecule has 0 spiro atoms. The van der Waals surface area contributed by atoms with Crippen LogP contribution in [0.1, 0.15) is 41.1 Å². The van der Waals surface area contributed by atoms with Gasteiger partial charge in [-0.2, -0.15) is 0 Å². The number of aliphatic hydroxyl groups is 1. The zero-order chi connectivity index (χ0) is 25.2. The maximum Gasteiger partial charge on any atom is 0.407 e. The van der Waals surface area contributed by atoms with Crippen LogP contribution in [0.25, 0.3) is 0 Å². The van der Waals surface area contributed by atoms with E-state index >= 15 is 0 Å². The van der Waals surface area contributed by atoms with Crippen molar-refractivity contribution < 1.29 is 24.1 Å². The van der Waals surface area contributed by atoms with Crippen LogP contribution in [0.4, 0.5) is 4.79 Å². The summed E-state index contributed by atoms with van der Waals surface area (Å²) < 4.78 is 17.7. The highest BCUT2D eigenvalue weighted by atomic mass is 32.2. The fourth-order valence-corrected chi connectivity index (χ4v) is 4.67. The summed E-state index contributed by atoms with van der Waals surface area (Å²) in [6.45, 7) is 4.06. The van der Waals surface area contributed by atoms with Gasteiger partial charge in [-0.25, -0.2) is 9.78 Å². The largest absolute Gasteiger partial charge is 0.445 e. The molecule has 2 heterocycles. The van der Waals surface area contributed by atoms with Crippen molar-refractivity contribution in [3.63, 3.8) is 0 Å². The van der Waals surface area contributed by atoms with Gasteiger partial charge in [-0.3, -0.25) is 0 Å². The average Bonchev–Trinajstić information content (AvgIpc) is 2.94. The number of nitrogens with one attached hydrogen (secondary N) is 1. The van der Waals surface area contributed by atoms with E-state index in [2.05, 4.69) is 16.9 Å². The molecule has 1 amide bonds. The van der Waals surface area contributed by atoms with Gasteiger partial charge in [0.25, 0.3) is 0 Å². The van der Waals surface area contributed by atoms with E-state index < -0.39 is 12.4 Å². The van der Waals surface area contributed by atoms with Gasteiger partial charge in [0.1, 0.15) is 6.61 Å². The standard InChI is InChI=1S/C28H30N2O5S/c1-2-15-33-28(32)30-17-20-6-12-23(13-7-20)27-34-24(19-36-26-5-3-4-14-29-26)16-25(35-27)22-10-8-21(18-31)9-11-22/h2-14,24-25,27,31H,1,15-19H2,(H,30,32)/t24-,25+,27+/m1/s1. The first-order chi connectivity index (χ1) is 17.6. The molecule has 1 saturated heterocycles. The van der Waals surface area contributed by atoms with Crippen molar-refractivity contribution in [2.24, 2.45) is 0 Å². The van der Waals surface area contributed by atoms with Crippen LogP contribution in [-0.4, -0.2) is 34.6 Å². The van der Waals surface area contributed by atoms with Crippen molar-refractivity contribution in [3.8, 4) is 0 Å². The number of alkyl carbamates (subject to hydrolysis) is 1. The van der Waals surface area contributed by atoms with Crippen LogP contribution in [0.15, 0.2) is 90.6 Å². The van der Waals surface area contributed by atoms with Gasteiger partial charge in [-0.1, -0.05) is 67.3 Å². The van der Waals surface area contributed by atoms with E-state index in [0.29, 0.717) is 13.0 Å². The van der Waals surface area contributed by atoms with Crippen molar-refractivity contribution in [2.75, 3.05) is 12.4 Å². The van der Waals surface area contributed by atoms with Crippen LogP contribution in [-0.2, 0) is 27.4 Å². The second kappa shape index (κ2) is 13.2. The molecule has 0 unspecified atom stereocenters. The third-order valence-electron chi connectivity index (χ3n) is 5.69. The number of amides is 1. The summed E-state index contributed by atoms with van der Waals surface area (Å²) in [4.78, 5) is 16.1. The highest BCUT2D eigenvalue weighted by molar-refractivity contribution is 7.99. The van der Waals surface area contributed by atoms with Gasteiger partial charge in [0.15, 0.2) is 6.29 Å². The van der Waals surface area contributed by atoms with Crippen LogP contribution >= 0.6 is 11.8 Å². The molecule has 0 saturated carbocycles. The van der Waals surface area contributed by atoms with Crippen LogP contribution in [0.3, 0.4) is 0 Å². The summed E-state index contributed by atoms with van der Waals surface area (Å²) in [5, 5.41) is 13.1. The van der Waals surface area contributed by atoms with Gasteiger partial charge >= 0.3 is 6.09 Å². The molecule has 36 heavy (non-hydrogen) atoms. The van der Waals surface area contributed by atoms with Crippen molar-refractivity contribution in [1.82, 2.24) is 10.3 Å². The number of ether oxygens (including phenoxy) is 3. The number of carbonyl (C=O) groups excluding carboxylic acids is 1. The maximum absolute atomic E-state index is 11.7. The SMILES string of the molecule is C=CCOC(=O)NCc1ccc([C@H]2O[C@@H](CSc3ccccn3)C[C@@H](c3ccc(CO)cc3)O2)cc1. The van der Waals surface area contributed by atoms with E-state index in [1.54, 1.807) is 18.0 Å². The summed E-state index contributed by atoms with van der Waals surface area (Å²) in [5.41, 5.74) is 3.75. The molecule has 3 aromatic rings. The first-order valence-corrected chi connectivity index (χ1v) is 12.8. The molecule has 0 radical (unpaired) electrons. The molecular formula is C28H30N2O5S. The molecule has 1 aliphatic heterocycles. The number of rotatable bonds is 10. The van der Waals surface area contributed by atoms with E-state index in [1.807, 2.05) is 66.7 Å². The second-order valence-corrected chi connectivity index (χ2v) is 9.35. The van der Waals surface area contributed by atoms with Crippen LogP contribution < -0.4 is 5.32 Å². The lowest BCUT2D eigenvalue weighted by Gasteiger charge is -2.36. The lowest BCUT2D eigenvalue weighted by Crippen LogP contribution is -2.31. The van der Waals surface area contributed by atoms with E-state index in [-0.39, 0.29) is 25.4 Å². The molecule has 0 bridgehead atoms. The van der Waals surface area contributed by atoms with Crippen molar-refractivity contribution in [1.29, 1.82) is 0 Å². The summed E-state index contributed by atoms with van der Waals surface area (Å²) in [6.07, 6.45) is 2.82. The highest BCUT2D eigenvalue weighted by Crippen LogP contribution is 2.39. The molecular weight excluding hydrogens is 476 g/mol. The van der Waals surface area contributed by atoms with Crippen LogP contribution in [0.2, 0.25) is 0 Å². The van der Waals surface area contributed by atoms with Crippen molar-refractivity contribution >= 4 is 17.9 Å². The number of hydrogen-bond acceptors (Lipinski definition) is 7. The third-order valence-corrected chi connectivity index (χ3v) is 6.77. The minimum Gasteiger partial charge on any atom is -0.445 e. The average molecular weight is 507 g/mol. The molecule has 1 fully saturated rings. The zero-order valence-electron chi connectivity index (χ0n) is 19.9. The number of aromatic nitrogens is 1. The van der Waals surface area contributed by atoms with Crippen LogP contribution in [0, 0.1) is 0 Å². The molecule has 2 N–H and O–H groups in total. The predicted molar refractivity (Wildman–Crippen MR) is 138 cm³/mol.